The summed E-state index contributed by atoms with van der Waals surface area (Å²) in [5.41, 5.74) is 1.91. The molecule has 2 aliphatic heterocycles. The molecule has 1 aromatic heterocycles. The number of hydrogen-bond acceptors (Lipinski definition) is 6. The molecule has 7 rings (SSSR count). The third-order valence-electron chi connectivity index (χ3n) is 7.63. The molecule has 0 radical (unpaired) electrons. The molecule has 0 aliphatic carbocycles. The molecular weight excluding hydrogens is 590 g/mol. The summed E-state index contributed by atoms with van der Waals surface area (Å²) in [5, 5.41) is 5.24. The van der Waals surface area contributed by atoms with E-state index in [0.29, 0.717) is 26.3 Å². The third-order valence-corrected chi connectivity index (χ3v) is 10.5. The van der Waals surface area contributed by atoms with Gasteiger partial charge in [-0.1, -0.05) is 95.4 Å². The Balaban J connectivity index is 1.25. The van der Waals surface area contributed by atoms with Crippen molar-refractivity contribution in [2.24, 2.45) is 5.92 Å². The number of carbonyl (C=O) groups excluding carboxylic acids is 3. The summed E-state index contributed by atoms with van der Waals surface area (Å²) in [7, 11) is 0. The molecule has 1 N–H and O–H groups in total. The highest BCUT2D eigenvalue weighted by molar-refractivity contribution is 8.00. The molecule has 1 saturated heterocycles. The van der Waals surface area contributed by atoms with Crippen LogP contribution in [0.15, 0.2) is 107 Å². The standard InChI is InChI=1S/C32H22ClN3O4S2/c33-21-11-14-23(15-12-21)36-29(38)26-25(19-7-2-1-3-8-19)28-31(41-27(26)30(36)39)35(32(40)42-28)17-24(37)34-22-13-10-18-6-4-5-9-20(18)16-22/h1-16,25-27H,17H2,(H,34,37). The maximum Gasteiger partial charge on any atom is 0.308 e. The minimum Gasteiger partial charge on any atom is -0.325 e. The van der Waals surface area contributed by atoms with Gasteiger partial charge in [-0.3, -0.25) is 23.7 Å². The number of imide groups is 1. The molecule has 3 unspecified atom stereocenters. The predicted molar refractivity (Wildman–Crippen MR) is 167 cm³/mol. The average Bonchev–Trinajstić information content (AvgIpc) is 3.44. The quantitative estimate of drug-likeness (QED) is 0.241. The van der Waals surface area contributed by atoms with Crippen LogP contribution >= 0.6 is 34.7 Å². The Morgan fingerprint density at radius 3 is 2.31 bits per heavy atom. The first-order valence-corrected chi connectivity index (χ1v) is 15.3. The second-order valence-corrected chi connectivity index (χ2v) is 12.7. The van der Waals surface area contributed by atoms with E-state index in [1.807, 2.05) is 72.8 Å². The van der Waals surface area contributed by atoms with Crippen molar-refractivity contribution in [2.75, 3.05) is 10.2 Å². The third kappa shape index (κ3) is 4.54. The number of carbonyl (C=O) groups is 3. The van der Waals surface area contributed by atoms with Crippen LogP contribution in [0.5, 0.6) is 0 Å². The van der Waals surface area contributed by atoms with Crippen molar-refractivity contribution in [3.63, 3.8) is 0 Å². The minimum absolute atomic E-state index is 0.216. The number of nitrogens with one attached hydrogen (secondary N) is 1. The summed E-state index contributed by atoms with van der Waals surface area (Å²) in [6.45, 7) is -0.216. The number of nitrogens with zero attached hydrogens (tertiary/aromatic N) is 2. The van der Waals surface area contributed by atoms with E-state index < -0.39 is 17.1 Å². The van der Waals surface area contributed by atoms with Crippen LogP contribution in [-0.2, 0) is 20.9 Å². The number of fused-ring (bicyclic) bond motifs is 3. The van der Waals surface area contributed by atoms with Crippen LogP contribution in [0.25, 0.3) is 10.8 Å². The second-order valence-electron chi connectivity index (χ2n) is 10.2. The Bertz CT molecular complexity index is 1940. The summed E-state index contributed by atoms with van der Waals surface area (Å²) >= 11 is 8.28. The molecule has 2 aliphatic rings. The summed E-state index contributed by atoms with van der Waals surface area (Å²) in [6.07, 6.45) is 0. The Hall–Kier alpha value is -4.18. The Morgan fingerprint density at radius 1 is 0.833 bits per heavy atom. The Kier molecular flexibility index (Phi) is 6.73. The lowest BCUT2D eigenvalue weighted by molar-refractivity contribution is -0.122. The highest BCUT2D eigenvalue weighted by atomic mass is 35.5. The van der Waals surface area contributed by atoms with E-state index in [2.05, 4.69) is 5.32 Å². The molecule has 3 heterocycles. The van der Waals surface area contributed by atoms with Gasteiger partial charge >= 0.3 is 4.87 Å². The van der Waals surface area contributed by atoms with Crippen LogP contribution in [-0.4, -0.2) is 27.5 Å². The first-order chi connectivity index (χ1) is 20.4. The molecule has 4 aromatic carbocycles. The lowest BCUT2D eigenvalue weighted by atomic mass is 9.83. The van der Waals surface area contributed by atoms with Crippen molar-refractivity contribution in [1.29, 1.82) is 0 Å². The molecule has 0 bridgehead atoms. The summed E-state index contributed by atoms with van der Waals surface area (Å²) in [6, 6.07) is 29.5. The molecule has 0 saturated carbocycles. The second kappa shape index (κ2) is 10.6. The number of thioether (sulfide) groups is 1. The van der Waals surface area contributed by atoms with Crippen LogP contribution in [0.2, 0.25) is 5.02 Å². The first-order valence-electron chi connectivity index (χ1n) is 13.3. The number of benzene rings is 4. The van der Waals surface area contributed by atoms with Gasteiger partial charge in [0.05, 0.1) is 16.6 Å². The maximum absolute atomic E-state index is 13.9. The van der Waals surface area contributed by atoms with Crippen LogP contribution < -0.4 is 15.1 Å². The van der Waals surface area contributed by atoms with E-state index in [-0.39, 0.29) is 29.1 Å². The van der Waals surface area contributed by atoms with Crippen molar-refractivity contribution in [1.82, 2.24) is 4.57 Å². The van der Waals surface area contributed by atoms with Gasteiger partial charge in [0.1, 0.15) is 11.8 Å². The van der Waals surface area contributed by atoms with Crippen molar-refractivity contribution >= 4 is 74.6 Å². The maximum atomic E-state index is 13.9. The fraction of sp³-hybridized carbons (Fsp3) is 0.125. The van der Waals surface area contributed by atoms with Crippen molar-refractivity contribution < 1.29 is 14.4 Å². The van der Waals surface area contributed by atoms with E-state index in [9.17, 15) is 19.2 Å². The van der Waals surface area contributed by atoms with Crippen molar-refractivity contribution in [3.05, 3.63) is 122 Å². The zero-order chi connectivity index (χ0) is 29.0. The molecular formula is C32H22ClN3O4S2. The van der Waals surface area contributed by atoms with Crippen molar-refractivity contribution in [2.45, 2.75) is 22.7 Å². The Morgan fingerprint density at radius 2 is 1.55 bits per heavy atom. The highest BCUT2D eigenvalue weighted by Crippen LogP contribution is 2.53. The number of halogens is 1. The molecule has 42 heavy (non-hydrogen) atoms. The molecule has 1 fully saturated rings. The van der Waals surface area contributed by atoms with Gasteiger partial charge in [-0.25, -0.2) is 4.90 Å². The van der Waals surface area contributed by atoms with Crippen molar-refractivity contribution in [3.8, 4) is 0 Å². The van der Waals surface area contributed by atoms with Crippen LogP contribution in [0.4, 0.5) is 11.4 Å². The van der Waals surface area contributed by atoms with Gasteiger partial charge < -0.3 is 5.32 Å². The van der Waals surface area contributed by atoms with Gasteiger partial charge in [-0.2, -0.15) is 0 Å². The normalized spacial score (nSPS) is 19.5. The fourth-order valence-electron chi connectivity index (χ4n) is 5.73. The van der Waals surface area contributed by atoms with Gasteiger partial charge in [0, 0.05) is 21.5 Å². The van der Waals surface area contributed by atoms with E-state index >= 15 is 0 Å². The molecule has 3 atom stereocenters. The SMILES string of the molecule is O=C(Cn1c2c(sc1=O)C(c1ccccc1)C1C(=O)N(c3ccc(Cl)cc3)C(=O)C1S2)Nc1ccc2ccccc2c1. The first kappa shape index (κ1) is 26.7. The van der Waals surface area contributed by atoms with E-state index in [0.717, 1.165) is 27.7 Å². The number of amides is 3. The van der Waals surface area contributed by atoms with Gasteiger partial charge in [0.15, 0.2) is 0 Å². The highest BCUT2D eigenvalue weighted by Gasteiger charge is 2.56. The minimum atomic E-state index is -0.755. The smallest absolute Gasteiger partial charge is 0.308 e. The lowest BCUT2D eigenvalue weighted by Crippen LogP contribution is -2.33. The molecule has 208 valence electrons. The van der Waals surface area contributed by atoms with Gasteiger partial charge in [0.25, 0.3) is 0 Å². The number of hydrogen-bond donors (Lipinski definition) is 1. The van der Waals surface area contributed by atoms with Gasteiger partial charge in [0.2, 0.25) is 17.7 Å². The fourth-order valence-corrected chi connectivity index (χ4v) is 8.63. The molecule has 5 aromatic rings. The molecule has 3 amide bonds. The topological polar surface area (TPSA) is 88.5 Å². The number of anilines is 2. The zero-order valence-electron chi connectivity index (χ0n) is 21.9. The average molecular weight is 612 g/mol. The van der Waals surface area contributed by atoms with E-state index in [1.165, 1.54) is 21.2 Å². The largest absolute Gasteiger partial charge is 0.325 e. The van der Waals surface area contributed by atoms with Crippen LogP contribution in [0.1, 0.15) is 16.4 Å². The van der Waals surface area contributed by atoms with Gasteiger partial charge in [-0.05, 0) is 52.7 Å². The van der Waals surface area contributed by atoms with Crippen LogP contribution in [0.3, 0.4) is 0 Å². The summed E-state index contributed by atoms with van der Waals surface area (Å²) in [5.74, 6) is -2.24. The monoisotopic (exact) mass is 611 g/mol. The Labute approximate surface area is 253 Å². The predicted octanol–water partition coefficient (Wildman–Crippen LogP) is 6.15. The van der Waals surface area contributed by atoms with Crippen LogP contribution in [0, 0.1) is 5.92 Å². The van der Waals surface area contributed by atoms with E-state index in [1.54, 1.807) is 24.3 Å². The molecule has 10 heteroatoms. The summed E-state index contributed by atoms with van der Waals surface area (Å²) in [4.78, 5) is 55.9. The zero-order valence-corrected chi connectivity index (χ0v) is 24.3. The van der Waals surface area contributed by atoms with Gasteiger partial charge in [-0.15, -0.1) is 0 Å². The number of aromatic nitrogens is 1. The van der Waals surface area contributed by atoms with E-state index in [4.69, 9.17) is 11.6 Å². The number of thiazole rings is 1. The molecule has 0 spiro atoms. The number of rotatable bonds is 5. The summed E-state index contributed by atoms with van der Waals surface area (Å²) < 4.78 is 1.43. The lowest BCUT2D eigenvalue weighted by Gasteiger charge is -2.30. The molecule has 7 nitrogen and oxygen atoms in total.